The van der Waals surface area contributed by atoms with Crippen LogP contribution in [-0.4, -0.2) is 28.6 Å². The molecule has 3 rings (SSSR count). The molecule has 0 N–H and O–H groups in total. The molecule has 0 saturated carbocycles. The van der Waals surface area contributed by atoms with Crippen molar-refractivity contribution in [2.24, 2.45) is 4.99 Å². The molecule has 0 aliphatic carbocycles. The highest BCUT2D eigenvalue weighted by Gasteiger charge is 2.28. The maximum Gasteiger partial charge on any atom is 0.112 e. The van der Waals surface area contributed by atoms with Gasteiger partial charge in [0.2, 0.25) is 0 Å². The Hall–Kier alpha value is -0.310. The molecule has 0 spiro atoms. The number of nitrogens with zero attached hydrogens (tertiary/aromatic N) is 3. The largest absolute Gasteiger partial charge is 0.252 e. The highest BCUT2D eigenvalue weighted by molar-refractivity contribution is 14.1. The Bertz CT molecular complexity index is 594. The van der Waals surface area contributed by atoms with Gasteiger partial charge in [-0.1, -0.05) is 40.0 Å². The van der Waals surface area contributed by atoms with Gasteiger partial charge in [0.25, 0.3) is 0 Å². The smallest absolute Gasteiger partial charge is 0.112 e. The fourth-order valence-electron chi connectivity index (χ4n) is 2.00. The third kappa shape index (κ3) is 2.63. The van der Waals surface area contributed by atoms with E-state index in [4.69, 9.17) is 0 Å². The van der Waals surface area contributed by atoms with Crippen LogP contribution in [-0.2, 0) is 0 Å². The summed E-state index contributed by atoms with van der Waals surface area (Å²) < 4.78 is 4.58. The third-order valence-corrected chi connectivity index (χ3v) is 5.07. The molecular formula is C13H11BrIN3S. The van der Waals surface area contributed by atoms with Crippen molar-refractivity contribution in [3.8, 4) is 0 Å². The van der Waals surface area contributed by atoms with Gasteiger partial charge in [-0.2, -0.15) is 4.41 Å². The summed E-state index contributed by atoms with van der Waals surface area (Å²) in [6.45, 7) is 0.874. The molecule has 3 nitrogen and oxygen atoms in total. The molecule has 0 unspecified atom stereocenters. The second kappa shape index (κ2) is 5.59. The van der Waals surface area contributed by atoms with Gasteiger partial charge in [0.05, 0.1) is 17.9 Å². The van der Waals surface area contributed by atoms with Crippen molar-refractivity contribution >= 4 is 62.5 Å². The van der Waals surface area contributed by atoms with Crippen LogP contribution < -0.4 is 0 Å². The molecule has 1 aromatic carbocycles. The van der Waals surface area contributed by atoms with Gasteiger partial charge in [0, 0.05) is 13.6 Å². The van der Waals surface area contributed by atoms with E-state index in [-0.39, 0.29) is 0 Å². The number of allylic oxidation sites excluding steroid dienone is 1. The molecule has 0 saturated heterocycles. The zero-order chi connectivity index (χ0) is 13.4. The number of hydrazine groups is 1. The number of aliphatic imine (C=N–C) groups is 1. The van der Waals surface area contributed by atoms with Crippen LogP contribution in [0.2, 0.25) is 0 Å². The van der Waals surface area contributed by atoms with Crippen molar-refractivity contribution in [2.75, 3.05) is 12.8 Å². The van der Waals surface area contributed by atoms with Crippen LogP contribution in [0.3, 0.4) is 0 Å². The predicted octanol–water partition coefficient (Wildman–Crippen LogP) is 4.09. The lowest BCUT2D eigenvalue weighted by molar-refractivity contribution is 0.275. The van der Waals surface area contributed by atoms with E-state index in [9.17, 15) is 0 Å². The number of benzene rings is 1. The molecule has 98 valence electrons. The van der Waals surface area contributed by atoms with Crippen LogP contribution in [0.4, 0.5) is 0 Å². The maximum absolute atomic E-state index is 4.55. The monoisotopic (exact) mass is 447 g/mol. The lowest BCUT2D eigenvalue weighted by atomic mass is 10.1. The van der Waals surface area contributed by atoms with E-state index in [0.717, 1.165) is 23.5 Å². The summed E-state index contributed by atoms with van der Waals surface area (Å²) in [5.41, 5.74) is 3.31. The highest BCUT2D eigenvalue weighted by Crippen LogP contribution is 2.35. The van der Waals surface area contributed by atoms with Crippen molar-refractivity contribution in [1.82, 2.24) is 9.42 Å². The van der Waals surface area contributed by atoms with Gasteiger partial charge in [-0.15, -0.1) is 0 Å². The van der Waals surface area contributed by atoms with Crippen molar-refractivity contribution < 1.29 is 0 Å². The molecule has 0 fully saturated rings. The molecule has 19 heavy (non-hydrogen) atoms. The summed E-state index contributed by atoms with van der Waals surface area (Å²) in [5, 5.41) is 2.07. The van der Waals surface area contributed by atoms with E-state index in [2.05, 4.69) is 89.5 Å². The first-order valence-electron chi connectivity index (χ1n) is 5.70. The minimum atomic E-state index is 0.874. The van der Waals surface area contributed by atoms with Gasteiger partial charge in [-0.05, 0) is 47.1 Å². The van der Waals surface area contributed by atoms with E-state index in [1.807, 2.05) is 6.34 Å². The normalized spacial score (nSPS) is 18.9. The first-order chi connectivity index (χ1) is 9.19. The standard InChI is InChI=1S/C13H11BrIN3S/c1-19-18-7-11(14)13-6-12(16-8-17(13)18)9-2-4-10(15)5-3-9/h2-6,8H,7H2,1H3. The first-order valence-corrected chi connectivity index (χ1v) is 8.75. The molecule has 1 aromatic rings. The SMILES string of the molecule is CSN1CC(Br)=C2C=C(c3ccc(I)cc3)N=CN21. The third-order valence-electron chi connectivity index (χ3n) is 2.97. The van der Waals surface area contributed by atoms with Crippen molar-refractivity contribution in [3.63, 3.8) is 0 Å². The van der Waals surface area contributed by atoms with Gasteiger partial charge in [-0.3, -0.25) is 5.01 Å². The van der Waals surface area contributed by atoms with Crippen LogP contribution in [0.1, 0.15) is 5.56 Å². The first kappa shape index (κ1) is 13.7. The Kier molecular flexibility index (Phi) is 4.02. The Labute approximate surface area is 138 Å². The molecule has 2 heterocycles. The number of hydrogen-bond donors (Lipinski definition) is 0. The molecule has 6 heteroatoms. The molecule has 0 aromatic heterocycles. The molecule has 0 bridgehead atoms. The number of fused-ring (bicyclic) bond motifs is 1. The van der Waals surface area contributed by atoms with Gasteiger partial charge < -0.3 is 0 Å². The van der Waals surface area contributed by atoms with Crippen LogP contribution in [0.25, 0.3) is 5.70 Å². The molecule has 2 aliphatic heterocycles. The topological polar surface area (TPSA) is 18.8 Å². The van der Waals surface area contributed by atoms with Gasteiger partial charge in [-0.25, -0.2) is 4.99 Å². The average molecular weight is 448 g/mol. The molecule has 2 aliphatic rings. The van der Waals surface area contributed by atoms with Gasteiger partial charge in [0.1, 0.15) is 6.34 Å². The van der Waals surface area contributed by atoms with Crippen LogP contribution in [0.5, 0.6) is 0 Å². The number of halogens is 2. The van der Waals surface area contributed by atoms with Gasteiger partial charge in [0.15, 0.2) is 0 Å². The fraction of sp³-hybridized carbons (Fsp3) is 0.154. The van der Waals surface area contributed by atoms with E-state index in [0.29, 0.717) is 0 Å². The summed E-state index contributed by atoms with van der Waals surface area (Å²) in [4.78, 5) is 4.55. The minimum absolute atomic E-state index is 0.874. The zero-order valence-corrected chi connectivity index (χ0v) is 14.7. The van der Waals surface area contributed by atoms with E-state index in [1.165, 1.54) is 8.05 Å². The summed E-state index contributed by atoms with van der Waals surface area (Å²) in [6, 6.07) is 8.42. The summed E-state index contributed by atoms with van der Waals surface area (Å²) in [5.74, 6) is 0. The molecule has 0 atom stereocenters. The van der Waals surface area contributed by atoms with E-state index < -0.39 is 0 Å². The summed E-state index contributed by atoms with van der Waals surface area (Å²) >= 11 is 7.65. The number of hydrogen-bond acceptors (Lipinski definition) is 4. The molecule has 0 amide bonds. The Balaban J connectivity index is 1.95. The lowest BCUT2D eigenvalue weighted by Crippen LogP contribution is -2.31. The molecule has 0 radical (unpaired) electrons. The number of rotatable bonds is 2. The molecular weight excluding hydrogens is 437 g/mol. The zero-order valence-electron chi connectivity index (χ0n) is 10.2. The second-order valence-corrected chi connectivity index (χ2v) is 7.10. The Morgan fingerprint density at radius 3 is 2.74 bits per heavy atom. The summed E-state index contributed by atoms with van der Waals surface area (Å²) in [6.07, 6.45) is 6.07. The van der Waals surface area contributed by atoms with E-state index in [1.54, 1.807) is 11.9 Å². The maximum atomic E-state index is 4.55. The van der Waals surface area contributed by atoms with Gasteiger partial charge >= 0.3 is 0 Å². The van der Waals surface area contributed by atoms with Crippen molar-refractivity contribution in [3.05, 3.63) is 49.7 Å². The average Bonchev–Trinajstić information content (AvgIpc) is 2.76. The van der Waals surface area contributed by atoms with Crippen molar-refractivity contribution in [2.45, 2.75) is 0 Å². The van der Waals surface area contributed by atoms with Crippen LogP contribution >= 0.6 is 50.5 Å². The Morgan fingerprint density at radius 1 is 1.32 bits per heavy atom. The van der Waals surface area contributed by atoms with Crippen LogP contribution in [0.15, 0.2) is 45.5 Å². The summed E-state index contributed by atoms with van der Waals surface area (Å²) in [7, 11) is 0. The highest BCUT2D eigenvalue weighted by atomic mass is 127. The fourth-order valence-corrected chi connectivity index (χ4v) is 3.62. The van der Waals surface area contributed by atoms with E-state index >= 15 is 0 Å². The minimum Gasteiger partial charge on any atom is -0.252 e. The quantitative estimate of drug-likeness (QED) is 0.502. The van der Waals surface area contributed by atoms with Crippen molar-refractivity contribution in [1.29, 1.82) is 0 Å². The second-order valence-electron chi connectivity index (χ2n) is 4.11. The van der Waals surface area contributed by atoms with Crippen LogP contribution in [0, 0.1) is 3.57 Å². The lowest BCUT2D eigenvalue weighted by Gasteiger charge is -2.27. The Morgan fingerprint density at radius 2 is 2.05 bits per heavy atom. The predicted molar refractivity (Wildman–Crippen MR) is 93.6 cm³/mol.